The summed E-state index contributed by atoms with van der Waals surface area (Å²) in [4.78, 5) is 10.2. The number of H-pyrrole nitrogens is 1. The maximum atomic E-state index is 4.47. The van der Waals surface area contributed by atoms with Gasteiger partial charge in [0.15, 0.2) is 0 Å². The highest BCUT2D eigenvalue weighted by Gasteiger charge is 2.13. The molecule has 1 aliphatic heterocycles. The molecule has 0 amide bonds. The summed E-state index contributed by atoms with van der Waals surface area (Å²) in [6.45, 7) is 8.67. The number of nitrogens with zero attached hydrogens (tertiary/aromatic N) is 2. The van der Waals surface area contributed by atoms with Crippen LogP contribution in [0, 0.1) is 5.92 Å². The van der Waals surface area contributed by atoms with Crippen LogP contribution in [0.2, 0.25) is 0 Å². The van der Waals surface area contributed by atoms with E-state index < -0.39 is 0 Å². The normalized spacial score (nSPS) is 16.8. The smallest absolute Gasteiger partial charge is 0.202 e. The second-order valence-electron chi connectivity index (χ2n) is 5.30. The molecule has 0 aliphatic carbocycles. The minimum absolute atomic E-state index is 0.694. The zero-order chi connectivity index (χ0) is 12.1. The lowest BCUT2D eigenvalue weighted by Crippen LogP contribution is -2.30. The molecule has 0 atom stereocenters. The first kappa shape index (κ1) is 12.4. The summed E-state index contributed by atoms with van der Waals surface area (Å²) in [5, 5.41) is 3.43. The van der Waals surface area contributed by atoms with Gasteiger partial charge in [-0.05, 0) is 31.7 Å². The van der Waals surface area contributed by atoms with Gasteiger partial charge >= 0.3 is 0 Å². The van der Waals surface area contributed by atoms with Crippen LogP contribution in [0.3, 0.4) is 0 Å². The lowest BCUT2D eigenvalue weighted by molar-refractivity contribution is 0.547. The molecule has 0 aromatic carbocycles. The summed E-state index contributed by atoms with van der Waals surface area (Å²) in [6, 6.07) is 0. The second-order valence-corrected chi connectivity index (χ2v) is 5.30. The third kappa shape index (κ3) is 3.73. The van der Waals surface area contributed by atoms with Crippen molar-refractivity contribution in [2.24, 2.45) is 5.92 Å². The fourth-order valence-electron chi connectivity index (χ4n) is 2.20. The maximum absolute atomic E-state index is 4.47. The van der Waals surface area contributed by atoms with E-state index in [2.05, 4.69) is 34.0 Å². The molecule has 96 valence electrons. The molecule has 0 radical (unpaired) electrons. The van der Waals surface area contributed by atoms with Gasteiger partial charge in [0.25, 0.3) is 0 Å². The van der Waals surface area contributed by atoms with Crippen LogP contribution < -0.4 is 10.2 Å². The van der Waals surface area contributed by atoms with E-state index >= 15 is 0 Å². The maximum Gasteiger partial charge on any atom is 0.202 e. The molecule has 1 aliphatic rings. The zero-order valence-corrected chi connectivity index (χ0v) is 11.0. The van der Waals surface area contributed by atoms with Crippen molar-refractivity contribution in [2.75, 3.05) is 24.5 Å². The molecule has 4 heteroatoms. The van der Waals surface area contributed by atoms with Gasteiger partial charge in [-0.15, -0.1) is 0 Å². The SMILES string of the molecule is CC(C)CNCc1cnc(N2CCCCC2)[nH]1. The molecule has 0 spiro atoms. The predicted molar refractivity (Wildman–Crippen MR) is 71.2 cm³/mol. The first-order valence-corrected chi connectivity index (χ1v) is 6.75. The van der Waals surface area contributed by atoms with Gasteiger partial charge in [0.1, 0.15) is 0 Å². The van der Waals surface area contributed by atoms with Crippen LogP contribution >= 0.6 is 0 Å². The number of anilines is 1. The van der Waals surface area contributed by atoms with Crippen molar-refractivity contribution in [3.05, 3.63) is 11.9 Å². The van der Waals surface area contributed by atoms with Crippen molar-refractivity contribution in [1.82, 2.24) is 15.3 Å². The number of imidazole rings is 1. The number of nitrogens with one attached hydrogen (secondary N) is 2. The first-order chi connectivity index (χ1) is 8.25. The van der Waals surface area contributed by atoms with Crippen LogP contribution in [0.15, 0.2) is 6.20 Å². The molecule has 17 heavy (non-hydrogen) atoms. The van der Waals surface area contributed by atoms with Crippen molar-refractivity contribution >= 4 is 5.95 Å². The summed E-state index contributed by atoms with van der Waals surface area (Å²) >= 11 is 0. The molecule has 2 rings (SSSR count). The Bertz CT molecular complexity index is 326. The lowest BCUT2D eigenvalue weighted by atomic mass is 10.1. The zero-order valence-electron chi connectivity index (χ0n) is 11.0. The van der Waals surface area contributed by atoms with E-state index in [0.717, 1.165) is 32.1 Å². The molecular formula is C13H24N4. The van der Waals surface area contributed by atoms with Gasteiger partial charge in [-0.3, -0.25) is 0 Å². The Morgan fingerprint density at radius 2 is 2.12 bits per heavy atom. The van der Waals surface area contributed by atoms with E-state index in [1.165, 1.54) is 25.0 Å². The fraction of sp³-hybridized carbons (Fsp3) is 0.769. The van der Waals surface area contributed by atoms with E-state index in [0.29, 0.717) is 5.92 Å². The summed E-state index contributed by atoms with van der Waals surface area (Å²) in [5.41, 5.74) is 1.19. The van der Waals surface area contributed by atoms with Crippen LogP contribution in [-0.2, 0) is 6.54 Å². The molecule has 1 fully saturated rings. The molecule has 4 nitrogen and oxygen atoms in total. The molecule has 2 heterocycles. The van der Waals surface area contributed by atoms with E-state index in [1.54, 1.807) is 0 Å². The molecule has 0 bridgehead atoms. The Morgan fingerprint density at radius 3 is 2.82 bits per heavy atom. The van der Waals surface area contributed by atoms with Crippen LogP contribution in [0.5, 0.6) is 0 Å². The molecule has 1 aromatic heterocycles. The lowest BCUT2D eigenvalue weighted by Gasteiger charge is -2.25. The van der Waals surface area contributed by atoms with Crippen molar-refractivity contribution in [3.63, 3.8) is 0 Å². The van der Waals surface area contributed by atoms with E-state index in [-0.39, 0.29) is 0 Å². The Hall–Kier alpha value is -1.03. The number of rotatable bonds is 5. The van der Waals surface area contributed by atoms with Gasteiger partial charge in [0, 0.05) is 19.6 Å². The van der Waals surface area contributed by atoms with Crippen molar-refractivity contribution in [2.45, 2.75) is 39.7 Å². The largest absolute Gasteiger partial charge is 0.342 e. The molecule has 0 unspecified atom stereocenters. The van der Waals surface area contributed by atoms with Crippen molar-refractivity contribution < 1.29 is 0 Å². The van der Waals surface area contributed by atoms with Gasteiger partial charge in [-0.25, -0.2) is 4.98 Å². The number of aromatic nitrogens is 2. The fourth-order valence-corrected chi connectivity index (χ4v) is 2.20. The first-order valence-electron chi connectivity index (χ1n) is 6.75. The van der Waals surface area contributed by atoms with Gasteiger partial charge in [0.2, 0.25) is 5.95 Å². The van der Waals surface area contributed by atoms with Crippen LogP contribution in [0.4, 0.5) is 5.95 Å². The topological polar surface area (TPSA) is 44.0 Å². The van der Waals surface area contributed by atoms with Crippen LogP contribution in [0.25, 0.3) is 0 Å². The summed E-state index contributed by atoms with van der Waals surface area (Å²) < 4.78 is 0. The highest BCUT2D eigenvalue weighted by molar-refractivity contribution is 5.31. The number of hydrogen-bond acceptors (Lipinski definition) is 3. The Morgan fingerprint density at radius 1 is 1.35 bits per heavy atom. The van der Waals surface area contributed by atoms with Gasteiger partial charge in [0.05, 0.1) is 11.9 Å². The van der Waals surface area contributed by atoms with Gasteiger partial charge in [-0.1, -0.05) is 13.8 Å². The Kier molecular flexibility index (Phi) is 4.42. The third-order valence-corrected chi connectivity index (χ3v) is 3.14. The molecule has 1 aromatic rings. The average molecular weight is 236 g/mol. The molecule has 1 saturated heterocycles. The van der Waals surface area contributed by atoms with Crippen LogP contribution in [0.1, 0.15) is 38.8 Å². The standard InChI is InChI=1S/C13H24N4/c1-11(2)8-14-9-12-10-15-13(16-12)17-6-4-3-5-7-17/h10-11,14H,3-9H2,1-2H3,(H,15,16). The Balaban J connectivity index is 1.82. The second kappa shape index (κ2) is 6.05. The molecule has 2 N–H and O–H groups in total. The third-order valence-electron chi connectivity index (χ3n) is 3.14. The summed E-state index contributed by atoms with van der Waals surface area (Å²) in [7, 11) is 0. The average Bonchev–Trinajstić information content (AvgIpc) is 2.78. The Labute approximate surface area is 104 Å². The van der Waals surface area contributed by atoms with Crippen LogP contribution in [-0.4, -0.2) is 29.6 Å². The van der Waals surface area contributed by atoms with Gasteiger partial charge in [-0.2, -0.15) is 0 Å². The van der Waals surface area contributed by atoms with Gasteiger partial charge < -0.3 is 15.2 Å². The molecular weight excluding hydrogens is 212 g/mol. The van der Waals surface area contributed by atoms with Crippen molar-refractivity contribution in [3.8, 4) is 0 Å². The van der Waals surface area contributed by atoms with E-state index in [9.17, 15) is 0 Å². The highest BCUT2D eigenvalue weighted by Crippen LogP contribution is 2.16. The van der Waals surface area contributed by atoms with Crippen molar-refractivity contribution in [1.29, 1.82) is 0 Å². The highest BCUT2D eigenvalue weighted by atomic mass is 15.3. The van der Waals surface area contributed by atoms with E-state index in [1.807, 2.05) is 6.20 Å². The molecule has 0 saturated carbocycles. The summed E-state index contributed by atoms with van der Waals surface area (Å²) in [5.74, 6) is 1.74. The number of aromatic amines is 1. The summed E-state index contributed by atoms with van der Waals surface area (Å²) in [6.07, 6.45) is 5.90. The number of hydrogen-bond donors (Lipinski definition) is 2. The van der Waals surface area contributed by atoms with E-state index in [4.69, 9.17) is 0 Å². The predicted octanol–water partition coefficient (Wildman–Crippen LogP) is 2.15. The number of piperidine rings is 1. The minimum Gasteiger partial charge on any atom is -0.342 e. The monoisotopic (exact) mass is 236 g/mol. The minimum atomic E-state index is 0.694. The quantitative estimate of drug-likeness (QED) is 0.823.